The molecule has 0 radical (unpaired) electrons. The highest BCUT2D eigenvalue weighted by Crippen LogP contribution is 2.21. The molecule has 0 aliphatic heterocycles. The monoisotopic (exact) mass is 313 g/mol. The van der Waals surface area contributed by atoms with Crippen LogP contribution in [-0.2, 0) is 9.59 Å². The molecule has 0 saturated heterocycles. The van der Waals surface area contributed by atoms with Gasteiger partial charge in [0.05, 0.1) is 11.7 Å². The zero-order chi connectivity index (χ0) is 15.4. The molecular formula is C14H13F2NO3S. The van der Waals surface area contributed by atoms with Gasteiger partial charge in [0.1, 0.15) is 0 Å². The molecule has 0 saturated carbocycles. The zero-order valence-corrected chi connectivity index (χ0v) is 11.7. The van der Waals surface area contributed by atoms with Gasteiger partial charge in [-0.05, 0) is 24.6 Å². The third kappa shape index (κ3) is 4.29. The summed E-state index contributed by atoms with van der Waals surface area (Å²) in [6.07, 6.45) is 3.53. The second-order valence-corrected chi connectivity index (χ2v) is 5.65. The van der Waals surface area contributed by atoms with E-state index in [4.69, 9.17) is 5.11 Å². The SMILES string of the molecule is O=C(CSc1ccc(F)c(F)c1)NC1C=CC(C(=O)O)C1. The normalized spacial score (nSPS) is 20.5. The predicted octanol–water partition coefficient (Wildman–Crippen LogP) is 2.20. The van der Waals surface area contributed by atoms with Crippen LogP contribution >= 0.6 is 11.8 Å². The molecule has 2 rings (SSSR count). The summed E-state index contributed by atoms with van der Waals surface area (Å²) < 4.78 is 25.7. The molecule has 4 nitrogen and oxygen atoms in total. The number of carbonyl (C=O) groups excluding carboxylic acids is 1. The van der Waals surface area contributed by atoms with Gasteiger partial charge in [-0.15, -0.1) is 11.8 Å². The van der Waals surface area contributed by atoms with E-state index in [1.165, 1.54) is 6.07 Å². The van der Waals surface area contributed by atoms with Crippen LogP contribution in [-0.4, -0.2) is 28.8 Å². The summed E-state index contributed by atoms with van der Waals surface area (Å²) in [5.74, 6) is -3.62. The van der Waals surface area contributed by atoms with Gasteiger partial charge in [0.25, 0.3) is 0 Å². The number of carboxylic acid groups (broad SMARTS) is 1. The van der Waals surface area contributed by atoms with Crippen LogP contribution in [0.1, 0.15) is 6.42 Å². The van der Waals surface area contributed by atoms with Crippen molar-refractivity contribution in [1.29, 1.82) is 0 Å². The topological polar surface area (TPSA) is 66.4 Å². The Morgan fingerprint density at radius 3 is 2.67 bits per heavy atom. The van der Waals surface area contributed by atoms with E-state index < -0.39 is 23.5 Å². The van der Waals surface area contributed by atoms with Crippen molar-refractivity contribution in [2.75, 3.05) is 5.75 Å². The number of carbonyl (C=O) groups is 2. The Morgan fingerprint density at radius 1 is 1.29 bits per heavy atom. The molecule has 2 unspecified atom stereocenters. The van der Waals surface area contributed by atoms with Crippen LogP contribution in [0.25, 0.3) is 0 Å². The van der Waals surface area contributed by atoms with Gasteiger partial charge in [0, 0.05) is 10.9 Å². The second kappa shape index (κ2) is 6.71. The number of aliphatic carboxylic acids is 1. The molecule has 0 heterocycles. The highest BCUT2D eigenvalue weighted by molar-refractivity contribution is 8.00. The van der Waals surface area contributed by atoms with E-state index in [9.17, 15) is 18.4 Å². The van der Waals surface area contributed by atoms with Crippen molar-refractivity contribution in [1.82, 2.24) is 5.32 Å². The zero-order valence-electron chi connectivity index (χ0n) is 10.9. The lowest BCUT2D eigenvalue weighted by atomic mass is 10.1. The third-order valence-corrected chi connectivity index (χ3v) is 4.00. The van der Waals surface area contributed by atoms with E-state index in [-0.39, 0.29) is 17.7 Å². The van der Waals surface area contributed by atoms with Gasteiger partial charge in [0.15, 0.2) is 11.6 Å². The highest BCUT2D eigenvalue weighted by Gasteiger charge is 2.25. The van der Waals surface area contributed by atoms with Gasteiger partial charge in [-0.25, -0.2) is 8.78 Å². The first-order valence-electron chi connectivity index (χ1n) is 6.24. The maximum atomic E-state index is 13.0. The van der Waals surface area contributed by atoms with Gasteiger partial charge in [-0.3, -0.25) is 9.59 Å². The van der Waals surface area contributed by atoms with Crippen LogP contribution in [0.5, 0.6) is 0 Å². The largest absolute Gasteiger partial charge is 0.481 e. The Hall–Kier alpha value is -1.89. The minimum atomic E-state index is -0.955. The number of rotatable bonds is 5. The molecule has 112 valence electrons. The van der Waals surface area contributed by atoms with Crippen molar-refractivity contribution in [3.05, 3.63) is 42.0 Å². The Balaban J connectivity index is 1.79. The maximum Gasteiger partial charge on any atom is 0.310 e. The summed E-state index contributed by atoms with van der Waals surface area (Å²) in [6.45, 7) is 0. The standard InChI is InChI=1S/C14H13F2NO3S/c15-11-4-3-10(6-12(11)16)21-7-13(18)17-9-2-1-8(5-9)14(19)20/h1-4,6,8-9H,5,7H2,(H,17,18)(H,19,20). The Kier molecular flexibility index (Phi) is 4.95. The van der Waals surface area contributed by atoms with Crippen molar-refractivity contribution in [3.63, 3.8) is 0 Å². The molecule has 0 fully saturated rings. The number of halogens is 2. The Labute approximate surface area is 124 Å². The minimum absolute atomic E-state index is 0.0488. The second-order valence-electron chi connectivity index (χ2n) is 4.60. The average Bonchev–Trinajstić information content (AvgIpc) is 2.89. The van der Waals surface area contributed by atoms with Gasteiger partial charge in [0.2, 0.25) is 5.91 Å². The van der Waals surface area contributed by atoms with Crippen LogP contribution in [0.2, 0.25) is 0 Å². The lowest BCUT2D eigenvalue weighted by Gasteiger charge is -2.12. The van der Waals surface area contributed by atoms with E-state index in [2.05, 4.69) is 5.32 Å². The molecule has 7 heteroatoms. The van der Waals surface area contributed by atoms with Crippen LogP contribution in [0.4, 0.5) is 8.78 Å². The number of carboxylic acids is 1. The van der Waals surface area contributed by atoms with Gasteiger partial charge < -0.3 is 10.4 Å². The van der Waals surface area contributed by atoms with E-state index in [0.29, 0.717) is 11.3 Å². The number of benzene rings is 1. The van der Waals surface area contributed by atoms with Crippen LogP contribution in [0.15, 0.2) is 35.2 Å². The Bertz CT molecular complexity index is 592. The summed E-state index contributed by atoms with van der Waals surface area (Å²) in [5.41, 5.74) is 0. The molecule has 1 amide bonds. The molecule has 0 bridgehead atoms. The first kappa shape index (κ1) is 15.5. The fourth-order valence-electron chi connectivity index (χ4n) is 1.95. The molecule has 2 N–H and O–H groups in total. The predicted molar refractivity (Wildman–Crippen MR) is 73.9 cm³/mol. The van der Waals surface area contributed by atoms with Gasteiger partial charge >= 0.3 is 5.97 Å². The molecule has 1 aliphatic rings. The third-order valence-electron chi connectivity index (χ3n) is 3.01. The van der Waals surface area contributed by atoms with Crippen molar-refractivity contribution < 1.29 is 23.5 Å². The smallest absolute Gasteiger partial charge is 0.310 e. The number of hydrogen-bond donors (Lipinski definition) is 2. The van der Waals surface area contributed by atoms with Crippen LogP contribution in [0.3, 0.4) is 0 Å². The molecule has 0 spiro atoms. The summed E-state index contributed by atoms with van der Waals surface area (Å²) in [5, 5.41) is 11.5. The van der Waals surface area contributed by atoms with Crippen LogP contribution < -0.4 is 5.32 Å². The lowest BCUT2D eigenvalue weighted by molar-refractivity contribution is -0.140. The number of hydrogen-bond acceptors (Lipinski definition) is 3. The van der Waals surface area contributed by atoms with Crippen molar-refractivity contribution >= 4 is 23.6 Å². The summed E-state index contributed by atoms with van der Waals surface area (Å²) >= 11 is 1.08. The van der Waals surface area contributed by atoms with Crippen molar-refractivity contribution in [2.24, 2.45) is 5.92 Å². The molecule has 21 heavy (non-hydrogen) atoms. The molecule has 0 aromatic heterocycles. The lowest BCUT2D eigenvalue weighted by Crippen LogP contribution is -2.34. The van der Waals surface area contributed by atoms with Crippen molar-refractivity contribution in [3.8, 4) is 0 Å². The average molecular weight is 313 g/mol. The number of nitrogens with one attached hydrogen (secondary N) is 1. The van der Waals surface area contributed by atoms with Gasteiger partial charge in [-0.1, -0.05) is 12.2 Å². The van der Waals surface area contributed by atoms with Crippen molar-refractivity contribution in [2.45, 2.75) is 17.4 Å². The maximum absolute atomic E-state index is 13.0. The summed E-state index contributed by atoms with van der Waals surface area (Å²) in [4.78, 5) is 22.9. The van der Waals surface area contributed by atoms with E-state index in [1.54, 1.807) is 12.2 Å². The number of thioether (sulfide) groups is 1. The Morgan fingerprint density at radius 2 is 2.05 bits per heavy atom. The quantitative estimate of drug-likeness (QED) is 0.646. The molecule has 1 aromatic rings. The highest BCUT2D eigenvalue weighted by atomic mass is 32.2. The summed E-state index contributed by atoms with van der Waals surface area (Å²) in [6, 6.07) is 3.13. The minimum Gasteiger partial charge on any atom is -0.481 e. The first-order valence-corrected chi connectivity index (χ1v) is 7.22. The molecule has 2 atom stereocenters. The molecular weight excluding hydrogens is 300 g/mol. The van der Waals surface area contributed by atoms with E-state index in [0.717, 1.165) is 23.9 Å². The number of amides is 1. The first-order chi connectivity index (χ1) is 9.95. The van der Waals surface area contributed by atoms with Gasteiger partial charge in [-0.2, -0.15) is 0 Å². The fourth-order valence-corrected chi connectivity index (χ4v) is 2.69. The fraction of sp³-hybridized carbons (Fsp3) is 0.286. The van der Waals surface area contributed by atoms with Crippen LogP contribution in [0, 0.1) is 17.6 Å². The summed E-state index contributed by atoms with van der Waals surface area (Å²) in [7, 11) is 0. The molecule has 1 aromatic carbocycles. The van der Waals surface area contributed by atoms with E-state index >= 15 is 0 Å². The van der Waals surface area contributed by atoms with E-state index in [1.807, 2.05) is 0 Å². The molecule has 1 aliphatic carbocycles.